The van der Waals surface area contributed by atoms with Crippen LogP contribution in [0.15, 0.2) is 24.3 Å². The Labute approximate surface area is 114 Å². The second kappa shape index (κ2) is 6.32. The van der Waals surface area contributed by atoms with Crippen LogP contribution in [-0.4, -0.2) is 38.3 Å². The smallest absolute Gasteiger partial charge is 0.251 e. The van der Waals surface area contributed by atoms with E-state index in [9.17, 15) is 4.79 Å². The van der Waals surface area contributed by atoms with Crippen LogP contribution in [0.4, 0.5) is 0 Å². The highest BCUT2D eigenvalue weighted by atomic mass is 127. The van der Waals surface area contributed by atoms with Crippen molar-refractivity contribution in [2.75, 3.05) is 26.3 Å². The highest BCUT2D eigenvalue weighted by molar-refractivity contribution is 14.1. The first-order valence-corrected chi connectivity index (χ1v) is 6.68. The Morgan fingerprint density at radius 1 is 1.59 bits per heavy atom. The van der Waals surface area contributed by atoms with Crippen molar-refractivity contribution >= 4 is 28.5 Å². The zero-order valence-corrected chi connectivity index (χ0v) is 11.6. The number of rotatable bonds is 3. The van der Waals surface area contributed by atoms with Crippen LogP contribution in [0, 0.1) is 3.57 Å². The predicted molar refractivity (Wildman–Crippen MR) is 74.1 cm³/mol. The summed E-state index contributed by atoms with van der Waals surface area (Å²) in [5.41, 5.74) is 0.702. The second-order valence-electron chi connectivity index (χ2n) is 3.95. The molecule has 0 saturated carbocycles. The first-order valence-electron chi connectivity index (χ1n) is 5.60. The van der Waals surface area contributed by atoms with Crippen molar-refractivity contribution in [2.24, 2.45) is 0 Å². The Hall–Kier alpha value is -0.660. The summed E-state index contributed by atoms with van der Waals surface area (Å²) in [6.45, 7) is 2.86. The number of hydrogen-bond acceptors (Lipinski definition) is 3. The molecule has 1 saturated heterocycles. The summed E-state index contributed by atoms with van der Waals surface area (Å²) >= 11 is 2.20. The molecule has 17 heavy (non-hydrogen) atoms. The molecule has 1 aromatic rings. The monoisotopic (exact) mass is 346 g/mol. The number of ether oxygens (including phenoxy) is 1. The fourth-order valence-corrected chi connectivity index (χ4v) is 2.24. The lowest BCUT2D eigenvalue weighted by molar-refractivity contribution is 0.0734. The van der Waals surface area contributed by atoms with Crippen LogP contribution in [0.5, 0.6) is 0 Å². The van der Waals surface area contributed by atoms with Crippen LogP contribution in [0.25, 0.3) is 0 Å². The predicted octanol–water partition coefficient (Wildman–Crippen LogP) is 1.01. The van der Waals surface area contributed by atoms with E-state index in [2.05, 4.69) is 33.2 Å². The third kappa shape index (κ3) is 3.93. The van der Waals surface area contributed by atoms with E-state index in [0.29, 0.717) is 18.7 Å². The van der Waals surface area contributed by atoms with Crippen LogP contribution in [0.1, 0.15) is 10.4 Å². The molecule has 0 aliphatic carbocycles. The van der Waals surface area contributed by atoms with Gasteiger partial charge in [0.25, 0.3) is 5.91 Å². The maximum absolute atomic E-state index is 11.9. The summed E-state index contributed by atoms with van der Waals surface area (Å²) in [6, 6.07) is 7.77. The van der Waals surface area contributed by atoms with E-state index in [4.69, 9.17) is 4.74 Å². The average molecular weight is 346 g/mol. The van der Waals surface area contributed by atoms with Crippen molar-refractivity contribution in [1.82, 2.24) is 10.6 Å². The highest BCUT2D eigenvalue weighted by Crippen LogP contribution is 2.07. The van der Waals surface area contributed by atoms with Crippen LogP contribution in [0.3, 0.4) is 0 Å². The van der Waals surface area contributed by atoms with Gasteiger partial charge in [-0.05, 0) is 40.8 Å². The lowest BCUT2D eigenvalue weighted by atomic mass is 10.2. The zero-order chi connectivity index (χ0) is 12.1. The quantitative estimate of drug-likeness (QED) is 0.804. The Bertz CT molecular complexity index is 392. The van der Waals surface area contributed by atoms with Gasteiger partial charge in [0.15, 0.2) is 0 Å². The number of amides is 1. The number of halogens is 1. The lowest BCUT2D eigenvalue weighted by Crippen LogP contribution is -2.48. The van der Waals surface area contributed by atoms with Crippen molar-refractivity contribution in [3.63, 3.8) is 0 Å². The molecule has 2 rings (SSSR count). The van der Waals surface area contributed by atoms with E-state index in [1.807, 2.05) is 24.3 Å². The van der Waals surface area contributed by atoms with Gasteiger partial charge in [-0.1, -0.05) is 6.07 Å². The van der Waals surface area contributed by atoms with E-state index in [-0.39, 0.29) is 11.9 Å². The van der Waals surface area contributed by atoms with Gasteiger partial charge in [-0.15, -0.1) is 0 Å². The van der Waals surface area contributed by atoms with Gasteiger partial charge >= 0.3 is 0 Å². The molecule has 1 aliphatic rings. The standard InChI is InChI=1S/C12H15IN2O2/c13-10-3-1-2-9(6-10)12(16)15-7-11-8-17-5-4-14-11/h1-3,6,11,14H,4-5,7-8H2,(H,15,16). The molecule has 1 atom stereocenters. The molecule has 0 radical (unpaired) electrons. The molecule has 0 spiro atoms. The number of benzene rings is 1. The molecule has 1 unspecified atom stereocenters. The molecule has 0 bridgehead atoms. The molecule has 4 nitrogen and oxygen atoms in total. The van der Waals surface area contributed by atoms with E-state index in [1.54, 1.807) is 0 Å². The zero-order valence-electron chi connectivity index (χ0n) is 9.41. The fourth-order valence-electron chi connectivity index (χ4n) is 1.70. The van der Waals surface area contributed by atoms with Crippen molar-refractivity contribution in [1.29, 1.82) is 0 Å². The number of nitrogens with one attached hydrogen (secondary N) is 2. The van der Waals surface area contributed by atoms with Gasteiger partial charge in [-0.3, -0.25) is 4.79 Å². The Kier molecular flexibility index (Phi) is 4.75. The Morgan fingerprint density at radius 2 is 2.47 bits per heavy atom. The largest absolute Gasteiger partial charge is 0.378 e. The molecular weight excluding hydrogens is 331 g/mol. The highest BCUT2D eigenvalue weighted by Gasteiger charge is 2.14. The number of morpholine rings is 1. The van der Waals surface area contributed by atoms with E-state index < -0.39 is 0 Å². The second-order valence-corrected chi connectivity index (χ2v) is 5.19. The SMILES string of the molecule is O=C(NCC1COCCN1)c1cccc(I)c1. The van der Waals surface area contributed by atoms with Gasteiger partial charge in [-0.2, -0.15) is 0 Å². The summed E-state index contributed by atoms with van der Waals surface area (Å²) in [5.74, 6) is -0.0316. The Morgan fingerprint density at radius 3 is 3.18 bits per heavy atom. The van der Waals surface area contributed by atoms with E-state index in [0.717, 1.165) is 16.7 Å². The third-order valence-electron chi connectivity index (χ3n) is 2.59. The normalized spacial score (nSPS) is 19.9. The molecule has 92 valence electrons. The van der Waals surface area contributed by atoms with Gasteiger partial charge < -0.3 is 15.4 Å². The van der Waals surface area contributed by atoms with Crippen molar-refractivity contribution < 1.29 is 9.53 Å². The summed E-state index contributed by atoms with van der Waals surface area (Å²) in [4.78, 5) is 11.9. The van der Waals surface area contributed by atoms with Crippen LogP contribution in [-0.2, 0) is 4.74 Å². The van der Waals surface area contributed by atoms with E-state index >= 15 is 0 Å². The molecule has 2 N–H and O–H groups in total. The summed E-state index contributed by atoms with van der Waals surface area (Å²) in [5, 5.41) is 6.21. The van der Waals surface area contributed by atoms with Crippen molar-refractivity contribution in [3.8, 4) is 0 Å². The first kappa shape index (κ1) is 12.8. The van der Waals surface area contributed by atoms with Crippen molar-refractivity contribution in [2.45, 2.75) is 6.04 Å². The number of carbonyl (C=O) groups excluding carboxylic acids is 1. The summed E-state index contributed by atoms with van der Waals surface area (Å²) < 4.78 is 6.39. The maximum Gasteiger partial charge on any atom is 0.251 e. The van der Waals surface area contributed by atoms with Crippen molar-refractivity contribution in [3.05, 3.63) is 33.4 Å². The number of carbonyl (C=O) groups is 1. The molecule has 1 heterocycles. The average Bonchev–Trinajstić information content (AvgIpc) is 2.37. The minimum absolute atomic E-state index is 0.0316. The van der Waals surface area contributed by atoms with Gasteiger partial charge in [0, 0.05) is 28.3 Å². The first-order chi connectivity index (χ1) is 8.25. The van der Waals surface area contributed by atoms with Gasteiger partial charge in [0.2, 0.25) is 0 Å². The lowest BCUT2D eigenvalue weighted by Gasteiger charge is -2.23. The molecule has 1 fully saturated rings. The fraction of sp³-hybridized carbons (Fsp3) is 0.417. The van der Waals surface area contributed by atoms with Crippen LogP contribution in [0.2, 0.25) is 0 Å². The van der Waals surface area contributed by atoms with Gasteiger partial charge in [-0.25, -0.2) is 0 Å². The third-order valence-corrected chi connectivity index (χ3v) is 3.27. The van der Waals surface area contributed by atoms with Crippen LogP contribution >= 0.6 is 22.6 Å². The minimum atomic E-state index is -0.0316. The molecule has 1 aliphatic heterocycles. The Balaban J connectivity index is 1.84. The van der Waals surface area contributed by atoms with Gasteiger partial charge in [0.05, 0.1) is 13.2 Å². The van der Waals surface area contributed by atoms with E-state index in [1.165, 1.54) is 0 Å². The number of hydrogen-bond donors (Lipinski definition) is 2. The molecule has 0 aromatic heterocycles. The van der Waals surface area contributed by atoms with Gasteiger partial charge in [0.1, 0.15) is 0 Å². The maximum atomic E-state index is 11.9. The molecule has 1 amide bonds. The van der Waals surface area contributed by atoms with Crippen LogP contribution < -0.4 is 10.6 Å². The molecule has 1 aromatic carbocycles. The topological polar surface area (TPSA) is 50.4 Å². The summed E-state index contributed by atoms with van der Waals surface area (Å²) in [7, 11) is 0. The molecule has 5 heteroatoms. The summed E-state index contributed by atoms with van der Waals surface area (Å²) in [6.07, 6.45) is 0. The molecular formula is C12H15IN2O2. The minimum Gasteiger partial charge on any atom is -0.378 e.